The van der Waals surface area contributed by atoms with Crippen molar-refractivity contribution in [2.24, 2.45) is 5.41 Å². The number of ether oxygens (including phenoxy) is 1. The number of anilines is 1. The zero-order chi connectivity index (χ0) is 14.0. The number of benzene rings is 1. The van der Waals surface area contributed by atoms with E-state index in [0.29, 0.717) is 17.6 Å². The minimum Gasteiger partial charge on any atom is -0.382 e. The van der Waals surface area contributed by atoms with E-state index in [9.17, 15) is 0 Å². The zero-order valence-electron chi connectivity index (χ0n) is 12.8. The second-order valence-corrected chi connectivity index (χ2v) is 6.54. The molecule has 20 heavy (non-hydrogen) atoms. The molecule has 2 unspecified atom stereocenters. The van der Waals surface area contributed by atoms with Crippen molar-refractivity contribution in [3.8, 4) is 0 Å². The van der Waals surface area contributed by atoms with E-state index in [1.54, 1.807) is 0 Å². The number of nitrogens with one attached hydrogen (secondary N) is 1. The molecule has 2 aliphatic rings. The van der Waals surface area contributed by atoms with Crippen LogP contribution in [0.2, 0.25) is 0 Å². The monoisotopic (exact) mass is 273 g/mol. The van der Waals surface area contributed by atoms with Crippen LogP contribution in [0.15, 0.2) is 24.3 Å². The summed E-state index contributed by atoms with van der Waals surface area (Å²) in [5, 5.41) is 3.79. The fourth-order valence-corrected chi connectivity index (χ4v) is 4.20. The Hall–Kier alpha value is -1.02. The maximum atomic E-state index is 6.02. The lowest BCUT2D eigenvalue weighted by Crippen LogP contribution is -2.62. The highest BCUT2D eigenvalue weighted by atomic mass is 16.5. The highest BCUT2D eigenvalue weighted by Gasteiger charge is 2.55. The molecule has 2 atom stereocenters. The summed E-state index contributed by atoms with van der Waals surface area (Å²) in [5.41, 5.74) is 3.00. The van der Waals surface area contributed by atoms with Crippen molar-refractivity contribution < 1.29 is 4.74 Å². The second-order valence-electron chi connectivity index (χ2n) is 6.54. The van der Waals surface area contributed by atoms with Crippen molar-refractivity contribution in [2.45, 2.75) is 64.5 Å². The average molecular weight is 273 g/mol. The Kier molecular flexibility index (Phi) is 4.02. The number of aryl methyl sites for hydroxylation is 1. The maximum Gasteiger partial charge on any atom is 0.0670 e. The van der Waals surface area contributed by atoms with E-state index in [-0.39, 0.29) is 0 Å². The lowest BCUT2D eigenvalue weighted by Gasteiger charge is -2.58. The van der Waals surface area contributed by atoms with Crippen LogP contribution in [-0.4, -0.2) is 18.8 Å². The standard InChI is InChI=1S/C18H27NO/c1-3-20-17-13-16(18(17)10-5-4-6-11-18)19-15-9-7-8-14(2)12-15/h7-9,12,16-17,19H,3-6,10-11,13H2,1-2H3. The molecule has 1 aromatic carbocycles. The van der Waals surface area contributed by atoms with E-state index in [1.165, 1.54) is 49.8 Å². The van der Waals surface area contributed by atoms with Crippen molar-refractivity contribution in [3.63, 3.8) is 0 Å². The quantitative estimate of drug-likeness (QED) is 0.870. The number of rotatable bonds is 4. The minimum atomic E-state index is 0.401. The normalized spacial score (nSPS) is 28.1. The van der Waals surface area contributed by atoms with Crippen LogP contribution in [-0.2, 0) is 4.74 Å². The van der Waals surface area contributed by atoms with Gasteiger partial charge in [-0.1, -0.05) is 31.4 Å². The van der Waals surface area contributed by atoms with E-state index < -0.39 is 0 Å². The van der Waals surface area contributed by atoms with Crippen LogP contribution >= 0.6 is 0 Å². The summed E-state index contributed by atoms with van der Waals surface area (Å²) in [6, 6.07) is 9.35. The number of hydrogen-bond acceptors (Lipinski definition) is 2. The van der Waals surface area contributed by atoms with E-state index in [4.69, 9.17) is 4.74 Å². The Morgan fingerprint density at radius 3 is 2.75 bits per heavy atom. The van der Waals surface area contributed by atoms with E-state index >= 15 is 0 Å². The van der Waals surface area contributed by atoms with Crippen molar-refractivity contribution >= 4 is 5.69 Å². The van der Waals surface area contributed by atoms with Gasteiger partial charge in [0, 0.05) is 23.8 Å². The predicted octanol–water partition coefficient (Wildman–Crippen LogP) is 4.53. The average Bonchev–Trinajstić information content (AvgIpc) is 2.47. The Morgan fingerprint density at radius 1 is 1.25 bits per heavy atom. The Labute approximate surface area is 122 Å². The molecule has 0 aromatic heterocycles. The Morgan fingerprint density at radius 2 is 2.05 bits per heavy atom. The summed E-state index contributed by atoms with van der Waals surface area (Å²) in [4.78, 5) is 0. The molecule has 2 nitrogen and oxygen atoms in total. The van der Waals surface area contributed by atoms with Crippen LogP contribution in [0.25, 0.3) is 0 Å². The van der Waals surface area contributed by atoms with Gasteiger partial charge in [-0.15, -0.1) is 0 Å². The second kappa shape index (κ2) is 5.77. The maximum absolute atomic E-state index is 6.02. The molecule has 2 aliphatic carbocycles. The molecule has 0 heterocycles. The highest BCUT2D eigenvalue weighted by molar-refractivity contribution is 5.47. The molecule has 1 aromatic rings. The molecular formula is C18H27NO. The molecule has 2 heteroatoms. The minimum absolute atomic E-state index is 0.401. The molecule has 1 N–H and O–H groups in total. The Balaban J connectivity index is 1.73. The third-order valence-electron chi connectivity index (χ3n) is 5.30. The molecule has 0 amide bonds. The third-order valence-corrected chi connectivity index (χ3v) is 5.30. The van der Waals surface area contributed by atoms with Crippen LogP contribution in [0.1, 0.15) is 51.0 Å². The van der Waals surface area contributed by atoms with Crippen LogP contribution in [0.4, 0.5) is 5.69 Å². The fourth-order valence-electron chi connectivity index (χ4n) is 4.20. The molecule has 2 saturated carbocycles. The summed E-state index contributed by atoms with van der Waals surface area (Å²) >= 11 is 0. The predicted molar refractivity (Wildman–Crippen MR) is 84.1 cm³/mol. The third kappa shape index (κ3) is 2.46. The van der Waals surface area contributed by atoms with Crippen LogP contribution in [0.3, 0.4) is 0 Å². The first-order chi connectivity index (χ1) is 9.74. The van der Waals surface area contributed by atoms with Gasteiger partial charge in [-0.05, 0) is 50.8 Å². The molecule has 0 saturated heterocycles. The van der Waals surface area contributed by atoms with Gasteiger partial charge in [0.05, 0.1) is 6.10 Å². The lowest BCUT2D eigenvalue weighted by atomic mass is 9.55. The van der Waals surface area contributed by atoms with Gasteiger partial charge >= 0.3 is 0 Å². The van der Waals surface area contributed by atoms with Gasteiger partial charge in [0.1, 0.15) is 0 Å². The van der Waals surface area contributed by atoms with Gasteiger partial charge in [-0.25, -0.2) is 0 Å². The summed E-state index contributed by atoms with van der Waals surface area (Å²) in [7, 11) is 0. The smallest absolute Gasteiger partial charge is 0.0670 e. The fraction of sp³-hybridized carbons (Fsp3) is 0.667. The molecule has 0 radical (unpaired) electrons. The van der Waals surface area contributed by atoms with E-state index in [2.05, 4.69) is 43.4 Å². The number of hydrogen-bond donors (Lipinski definition) is 1. The molecule has 2 fully saturated rings. The lowest BCUT2D eigenvalue weighted by molar-refractivity contribution is -0.134. The van der Waals surface area contributed by atoms with E-state index in [1.807, 2.05) is 0 Å². The molecule has 3 rings (SSSR count). The molecular weight excluding hydrogens is 246 g/mol. The van der Waals surface area contributed by atoms with E-state index in [0.717, 1.165) is 6.61 Å². The van der Waals surface area contributed by atoms with Crippen molar-refractivity contribution in [3.05, 3.63) is 29.8 Å². The van der Waals surface area contributed by atoms with Crippen LogP contribution < -0.4 is 5.32 Å². The molecule has 0 bridgehead atoms. The summed E-state index contributed by atoms with van der Waals surface area (Å²) in [5.74, 6) is 0. The Bertz CT molecular complexity index is 450. The van der Waals surface area contributed by atoms with Crippen molar-refractivity contribution in [1.82, 2.24) is 0 Å². The van der Waals surface area contributed by atoms with Crippen LogP contribution in [0.5, 0.6) is 0 Å². The van der Waals surface area contributed by atoms with Gasteiger partial charge < -0.3 is 10.1 Å². The highest BCUT2D eigenvalue weighted by Crippen LogP contribution is 2.54. The van der Waals surface area contributed by atoms with Gasteiger partial charge in [-0.2, -0.15) is 0 Å². The summed E-state index contributed by atoms with van der Waals surface area (Å²) in [6.07, 6.45) is 8.46. The molecule has 0 aliphatic heterocycles. The first-order valence-corrected chi connectivity index (χ1v) is 8.19. The first-order valence-electron chi connectivity index (χ1n) is 8.19. The largest absolute Gasteiger partial charge is 0.382 e. The van der Waals surface area contributed by atoms with Gasteiger partial charge in [0.25, 0.3) is 0 Å². The van der Waals surface area contributed by atoms with Crippen LogP contribution in [0, 0.1) is 12.3 Å². The summed E-state index contributed by atoms with van der Waals surface area (Å²) in [6.45, 7) is 5.13. The van der Waals surface area contributed by atoms with Gasteiger partial charge in [-0.3, -0.25) is 0 Å². The molecule has 110 valence electrons. The van der Waals surface area contributed by atoms with Gasteiger partial charge in [0.15, 0.2) is 0 Å². The van der Waals surface area contributed by atoms with Crippen molar-refractivity contribution in [1.29, 1.82) is 0 Å². The SMILES string of the molecule is CCOC1CC(Nc2cccc(C)c2)C12CCCCC2. The topological polar surface area (TPSA) is 21.3 Å². The zero-order valence-corrected chi connectivity index (χ0v) is 12.8. The summed E-state index contributed by atoms with van der Waals surface area (Å²) < 4.78 is 6.02. The molecule has 1 spiro atoms. The first kappa shape index (κ1) is 13.9. The van der Waals surface area contributed by atoms with Gasteiger partial charge in [0.2, 0.25) is 0 Å². The van der Waals surface area contributed by atoms with Crippen molar-refractivity contribution in [2.75, 3.05) is 11.9 Å².